The zero-order chi connectivity index (χ0) is 20.3. The number of halogens is 3. The van der Waals surface area contributed by atoms with Crippen LogP contribution < -0.4 is 15.0 Å². The van der Waals surface area contributed by atoms with Gasteiger partial charge in [-0.05, 0) is 36.8 Å². The highest BCUT2D eigenvalue weighted by atomic mass is 19.3. The monoisotopic (exact) mass is 392 g/mol. The predicted octanol–water partition coefficient (Wildman–Crippen LogP) is 4.62. The molecule has 1 amide bonds. The van der Waals surface area contributed by atoms with Crippen molar-refractivity contribution in [2.75, 3.05) is 18.0 Å². The molecule has 0 bridgehead atoms. The molecule has 1 saturated heterocycles. The van der Waals surface area contributed by atoms with Gasteiger partial charge in [0.2, 0.25) is 5.91 Å². The van der Waals surface area contributed by atoms with Crippen LogP contribution in [0.15, 0.2) is 42.5 Å². The van der Waals surface area contributed by atoms with E-state index in [2.05, 4.69) is 5.32 Å². The Morgan fingerprint density at radius 3 is 2.50 bits per heavy atom. The number of nitrogens with zero attached hydrogens (tertiary/aromatic N) is 1. The zero-order valence-electron chi connectivity index (χ0n) is 15.8. The molecule has 2 aromatic rings. The van der Waals surface area contributed by atoms with Gasteiger partial charge >= 0.3 is 0 Å². The SMILES string of the molecule is CC(=O)N[C@@H](C)c1ccc(O[C@@H]2CCN(c3cc(C(F)F)ccc3F)C2)cc1. The molecule has 0 radical (unpaired) electrons. The van der Waals surface area contributed by atoms with E-state index < -0.39 is 12.2 Å². The van der Waals surface area contributed by atoms with Gasteiger partial charge in [-0.1, -0.05) is 18.2 Å². The fourth-order valence-corrected chi connectivity index (χ4v) is 3.37. The van der Waals surface area contributed by atoms with Crippen molar-refractivity contribution in [1.29, 1.82) is 0 Å². The minimum atomic E-state index is -2.63. The van der Waals surface area contributed by atoms with E-state index in [0.717, 1.165) is 17.7 Å². The number of rotatable bonds is 6. The normalized spacial score (nSPS) is 17.6. The lowest BCUT2D eigenvalue weighted by Crippen LogP contribution is -2.25. The van der Waals surface area contributed by atoms with Gasteiger partial charge in [0.15, 0.2) is 0 Å². The van der Waals surface area contributed by atoms with Crippen LogP contribution in [0.2, 0.25) is 0 Å². The molecule has 1 aliphatic heterocycles. The Balaban J connectivity index is 1.62. The quantitative estimate of drug-likeness (QED) is 0.780. The molecule has 1 fully saturated rings. The zero-order valence-corrected chi connectivity index (χ0v) is 15.8. The van der Waals surface area contributed by atoms with Crippen LogP contribution in [0.4, 0.5) is 18.9 Å². The summed E-state index contributed by atoms with van der Waals surface area (Å²) in [5.74, 6) is 0.0656. The van der Waals surface area contributed by atoms with E-state index >= 15 is 0 Å². The van der Waals surface area contributed by atoms with Gasteiger partial charge in [0.05, 0.1) is 18.3 Å². The summed E-state index contributed by atoms with van der Waals surface area (Å²) in [6.45, 7) is 4.33. The summed E-state index contributed by atoms with van der Waals surface area (Å²) in [4.78, 5) is 12.9. The Bertz CT molecular complexity index is 827. The summed E-state index contributed by atoms with van der Waals surface area (Å²) in [6.07, 6.45) is -2.12. The number of alkyl halides is 2. The number of ether oxygens (including phenoxy) is 1. The summed E-state index contributed by atoms with van der Waals surface area (Å²) in [5.41, 5.74) is 0.953. The highest BCUT2D eigenvalue weighted by molar-refractivity contribution is 5.73. The van der Waals surface area contributed by atoms with Crippen molar-refractivity contribution >= 4 is 11.6 Å². The molecule has 0 aromatic heterocycles. The van der Waals surface area contributed by atoms with Crippen LogP contribution in [0, 0.1) is 5.82 Å². The van der Waals surface area contributed by atoms with Crippen LogP contribution in [0.3, 0.4) is 0 Å². The Hall–Kier alpha value is -2.70. The molecule has 1 aliphatic rings. The Morgan fingerprint density at radius 1 is 1.18 bits per heavy atom. The summed E-state index contributed by atoms with van der Waals surface area (Å²) >= 11 is 0. The number of nitrogens with one attached hydrogen (secondary N) is 1. The molecule has 150 valence electrons. The molecule has 1 N–H and O–H groups in total. The van der Waals surface area contributed by atoms with Crippen molar-refractivity contribution in [3.63, 3.8) is 0 Å². The van der Waals surface area contributed by atoms with E-state index in [1.54, 1.807) is 4.90 Å². The Kier molecular flexibility index (Phi) is 6.11. The first-order chi connectivity index (χ1) is 13.3. The molecule has 2 aromatic carbocycles. The average molecular weight is 392 g/mol. The summed E-state index contributed by atoms with van der Waals surface area (Å²) in [7, 11) is 0. The van der Waals surface area contributed by atoms with E-state index in [0.29, 0.717) is 25.3 Å². The molecule has 2 atom stereocenters. The highest BCUT2D eigenvalue weighted by Gasteiger charge is 2.27. The van der Waals surface area contributed by atoms with E-state index in [-0.39, 0.29) is 29.3 Å². The smallest absolute Gasteiger partial charge is 0.263 e. The fourth-order valence-electron chi connectivity index (χ4n) is 3.37. The molecule has 1 heterocycles. The van der Waals surface area contributed by atoms with Crippen LogP contribution in [-0.2, 0) is 4.79 Å². The molecule has 7 heteroatoms. The number of carbonyl (C=O) groups is 1. The lowest BCUT2D eigenvalue weighted by Gasteiger charge is -2.20. The molecule has 0 aliphatic carbocycles. The van der Waals surface area contributed by atoms with Crippen LogP contribution in [0.25, 0.3) is 0 Å². The molecule has 0 saturated carbocycles. The van der Waals surface area contributed by atoms with E-state index in [9.17, 15) is 18.0 Å². The Morgan fingerprint density at radius 2 is 1.86 bits per heavy atom. The molecular formula is C21H23F3N2O2. The first-order valence-corrected chi connectivity index (χ1v) is 9.19. The maximum Gasteiger partial charge on any atom is 0.263 e. The van der Waals surface area contributed by atoms with Gasteiger partial charge in [0.1, 0.15) is 17.7 Å². The van der Waals surface area contributed by atoms with Gasteiger partial charge in [-0.25, -0.2) is 13.2 Å². The largest absolute Gasteiger partial charge is 0.489 e. The molecular weight excluding hydrogens is 369 g/mol. The van der Waals surface area contributed by atoms with Crippen LogP contribution in [0.1, 0.15) is 43.9 Å². The van der Waals surface area contributed by atoms with Gasteiger partial charge in [0, 0.05) is 25.5 Å². The summed E-state index contributed by atoms with van der Waals surface area (Å²) in [6, 6.07) is 10.7. The topological polar surface area (TPSA) is 41.6 Å². The predicted molar refractivity (Wildman–Crippen MR) is 101 cm³/mol. The van der Waals surface area contributed by atoms with Crippen molar-refractivity contribution in [3.8, 4) is 5.75 Å². The third-order valence-electron chi connectivity index (χ3n) is 4.81. The molecule has 0 unspecified atom stereocenters. The average Bonchev–Trinajstić information content (AvgIpc) is 3.10. The standard InChI is InChI=1S/C21H23F3N2O2/c1-13(25-14(2)27)15-3-6-17(7-4-15)28-18-9-10-26(12-18)20-11-16(21(23)24)5-8-19(20)22/h3-8,11,13,18,21H,9-10,12H2,1-2H3,(H,25,27)/t13-,18+/m0/s1. The van der Waals surface area contributed by atoms with E-state index in [4.69, 9.17) is 4.74 Å². The molecule has 4 nitrogen and oxygen atoms in total. The number of carbonyl (C=O) groups excluding carboxylic acids is 1. The first-order valence-electron chi connectivity index (χ1n) is 9.19. The number of benzene rings is 2. The van der Waals surface area contributed by atoms with Gasteiger partial charge in [-0.15, -0.1) is 0 Å². The number of hydrogen-bond acceptors (Lipinski definition) is 3. The first kappa shape index (κ1) is 20.0. The molecule has 0 spiro atoms. The fraction of sp³-hybridized carbons (Fsp3) is 0.381. The number of anilines is 1. The third kappa shape index (κ3) is 4.77. The van der Waals surface area contributed by atoms with Crippen LogP contribution in [0.5, 0.6) is 5.75 Å². The van der Waals surface area contributed by atoms with Crippen molar-refractivity contribution in [1.82, 2.24) is 5.32 Å². The Labute approximate surface area is 162 Å². The van der Waals surface area contributed by atoms with Gasteiger partial charge in [0.25, 0.3) is 6.43 Å². The van der Waals surface area contributed by atoms with Crippen LogP contribution in [-0.4, -0.2) is 25.1 Å². The minimum Gasteiger partial charge on any atom is -0.489 e. The molecule has 28 heavy (non-hydrogen) atoms. The van der Waals surface area contributed by atoms with Crippen molar-refractivity contribution in [3.05, 3.63) is 59.4 Å². The van der Waals surface area contributed by atoms with Gasteiger partial charge in [-0.2, -0.15) is 0 Å². The number of amides is 1. The van der Waals surface area contributed by atoms with Gasteiger partial charge in [-0.3, -0.25) is 4.79 Å². The summed E-state index contributed by atoms with van der Waals surface area (Å²) < 4.78 is 45.9. The second-order valence-electron chi connectivity index (χ2n) is 6.98. The summed E-state index contributed by atoms with van der Waals surface area (Å²) in [5, 5.41) is 2.82. The van der Waals surface area contributed by atoms with Crippen molar-refractivity contribution in [2.45, 2.75) is 38.8 Å². The van der Waals surface area contributed by atoms with Crippen LogP contribution >= 0.6 is 0 Å². The highest BCUT2D eigenvalue weighted by Crippen LogP contribution is 2.30. The lowest BCUT2D eigenvalue weighted by atomic mass is 10.1. The van der Waals surface area contributed by atoms with Crippen molar-refractivity contribution < 1.29 is 22.7 Å². The minimum absolute atomic E-state index is 0.0954. The third-order valence-corrected chi connectivity index (χ3v) is 4.81. The van der Waals surface area contributed by atoms with Crippen molar-refractivity contribution in [2.24, 2.45) is 0 Å². The van der Waals surface area contributed by atoms with E-state index in [1.807, 2.05) is 31.2 Å². The second kappa shape index (κ2) is 8.54. The maximum absolute atomic E-state index is 14.1. The maximum atomic E-state index is 14.1. The molecule has 3 rings (SSSR count). The second-order valence-corrected chi connectivity index (χ2v) is 6.98. The number of hydrogen-bond donors (Lipinski definition) is 1. The van der Waals surface area contributed by atoms with E-state index in [1.165, 1.54) is 13.0 Å². The lowest BCUT2D eigenvalue weighted by molar-refractivity contribution is -0.119. The van der Waals surface area contributed by atoms with Gasteiger partial charge < -0.3 is 15.0 Å².